The van der Waals surface area contributed by atoms with E-state index in [1.807, 2.05) is 48.6 Å². The largest absolute Gasteiger partial charge is 0.481 e. The van der Waals surface area contributed by atoms with Gasteiger partial charge < -0.3 is 21.1 Å². The Morgan fingerprint density at radius 2 is 1.73 bits per heavy atom. The van der Waals surface area contributed by atoms with Crippen LogP contribution >= 0.6 is 11.8 Å². The maximum atomic E-state index is 10.9. The molecule has 0 saturated carbocycles. The molecule has 6 nitrogen and oxygen atoms in total. The zero-order chi connectivity index (χ0) is 22.6. The lowest BCUT2D eigenvalue weighted by Gasteiger charge is -2.20. The Labute approximate surface area is 184 Å². The van der Waals surface area contributed by atoms with Gasteiger partial charge in [-0.15, -0.1) is 11.8 Å². The van der Waals surface area contributed by atoms with Gasteiger partial charge in [-0.3, -0.25) is 9.59 Å². The second-order valence-electron chi connectivity index (χ2n) is 7.00. The van der Waals surface area contributed by atoms with Gasteiger partial charge in [-0.2, -0.15) is 0 Å². The van der Waals surface area contributed by atoms with Gasteiger partial charge in [0.1, 0.15) is 6.04 Å². The highest BCUT2D eigenvalue weighted by Gasteiger charge is 2.20. The number of unbranched alkanes of at least 4 members (excludes halogenated alkanes) is 3. The Bertz CT molecular complexity index is 586. The van der Waals surface area contributed by atoms with Crippen molar-refractivity contribution in [1.82, 2.24) is 0 Å². The molecule has 3 atom stereocenters. The van der Waals surface area contributed by atoms with Crippen LogP contribution in [0.15, 0.2) is 48.6 Å². The number of hydrogen-bond acceptors (Lipinski definition) is 5. The maximum Gasteiger partial charge on any atom is 0.321 e. The first-order valence-electron chi connectivity index (χ1n) is 10.5. The minimum atomic E-state index is -1.04. The van der Waals surface area contributed by atoms with Crippen LogP contribution in [-0.2, 0) is 9.59 Å². The van der Waals surface area contributed by atoms with Crippen molar-refractivity contribution in [2.24, 2.45) is 5.73 Å². The quantitative estimate of drug-likeness (QED) is 0.143. The summed E-state index contributed by atoms with van der Waals surface area (Å²) in [5.74, 6) is -1.55. The van der Waals surface area contributed by atoms with Gasteiger partial charge in [0, 0.05) is 17.4 Å². The maximum absolute atomic E-state index is 10.9. The average Bonchev–Trinajstić information content (AvgIpc) is 2.70. The van der Waals surface area contributed by atoms with Gasteiger partial charge in [0.2, 0.25) is 0 Å². The molecule has 0 fully saturated rings. The molecule has 0 aliphatic rings. The summed E-state index contributed by atoms with van der Waals surface area (Å²) in [6.45, 7) is 2.11. The number of carboxylic acids is 2. The monoisotopic (exact) mass is 439 g/mol. The summed E-state index contributed by atoms with van der Waals surface area (Å²) in [5.41, 5.74) is 5.58. The van der Waals surface area contributed by atoms with Crippen molar-refractivity contribution in [1.29, 1.82) is 0 Å². The number of hydrogen-bond donors (Lipinski definition) is 4. The summed E-state index contributed by atoms with van der Waals surface area (Å²) in [7, 11) is 0. The Morgan fingerprint density at radius 1 is 1.00 bits per heavy atom. The van der Waals surface area contributed by atoms with Crippen molar-refractivity contribution < 1.29 is 24.9 Å². The molecule has 30 heavy (non-hydrogen) atoms. The zero-order valence-corrected chi connectivity index (χ0v) is 18.7. The molecule has 0 spiro atoms. The second-order valence-corrected chi connectivity index (χ2v) is 8.21. The van der Waals surface area contributed by atoms with Crippen LogP contribution in [0.4, 0.5) is 0 Å². The predicted molar refractivity (Wildman–Crippen MR) is 125 cm³/mol. The minimum absolute atomic E-state index is 0.198. The fraction of sp³-hybridized carbons (Fsp3) is 0.565. The highest BCUT2D eigenvalue weighted by atomic mass is 32.2. The molecule has 170 valence electrons. The number of carboxylic acid groups (broad SMARTS) is 2. The van der Waals surface area contributed by atoms with Crippen LogP contribution in [0.3, 0.4) is 0 Å². The standard InChI is InChI=1S/C23H37NO5S/c1-2-3-12-15-20(25)21(30-18-19(24)23(28)29)16-13-10-8-6-4-5-7-9-11-14-17-22(26)27/h4,6-10,13,16,19-21,25H,2-3,5,11-12,14-15,17-18,24H2,1H3,(H,26,27)(H,28,29)/b6-4+,9-7-,10-8-,16-13+/t19-,20+,21+/m1/s1. The van der Waals surface area contributed by atoms with Crippen molar-refractivity contribution in [2.75, 3.05) is 5.75 Å². The molecule has 0 bridgehead atoms. The Balaban J connectivity index is 4.42. The Kier molecular flexibility index (Phi) is 18.0. The topological polar surface area (TPSA) is 121 Å². The van der Waals surface area contributed by atoms with Crippen LogP contribution in [0.1, 0.15) is 58.3 Å². The van der Waals surface area contributed by atoms with E-state index in [0.717, 1.165) is 32.1 Å². The summed E-state index contributed by atoms with van der Waals surface area (Å²) in [5, 5.41) is 27.7. The molecule has 0 aromatic rings. The number of carbonyl (C=O) groups is 2. The lowest BCUT2D eigenvalue weighted by Crippen LogP contribution is -2.34. The molecule has 0 heterocycles. The fourth-order valence-electron chi connectivity index (χ4n) is 2.47. The van der Waals surface area contributed by atoms with E-state index < -0.39 is 24.1 Å². The van der Waals surface area contributed by atoms with E-state index in [2.05, 4.69) is 6.92 Å². The van der Waals surface area contributed by atoms with Gasteiger partial charge >= 0.3 is 11.9 Å². The summed E-state index contributed by atoms with van der Waals surface area (Å²) < 4.78 is 0. The number of aliphatic hydroxyl groups is 1. The van der Waals surface area contributed by atoms with Gasteiger partial charge in [-0.1, -0.05) is 74.8 Å². The molecule has 0 amide bonds. The van der Waals surface area contributed by atoms with E-state index in [4.69, 9.17) is 15.9 Å². The fourth-order valence-corrected chi connectivity index (χ4v) is 3.60. The highest BCUT2D eigenvalue weighted by Crippen LogP contribution is 2.21. The number of allylic oxidation sites excluding steroid dienone is 7. The van der Waals surface area contributed by atoms with E-state index in [-0.39, 0.29) is 17.4 Å². The van der Waals surface area contributed by atoms with Crippen LogP contribution in [0.2, 0.25) is 0 Å². The third-order valence-corrected chi connectivity index (χ3v) is 5.65. The number of aliphatic carboxylic acids is 2. The van der Waals surface area contributed by atoms with Crippen molar-refractivity contribution in [3.05, 3.63) is 48.6 Å². The average molecular weight is 440 g/mol. The smallest absolute Gasteiger partial charge is 0.321 e. The van der Waals surface area contributed by atoms with E-state index in [1.54, 1.807) is 0 Å². The summed E-state index contributed by atoms with van der Waals surface area (Å²) >= 11 is 1.37. The van der Waals surface area contributed by atoms with Crippen LogP contribution < -0.4 is 5.73 Å². The van der Waals surface area contributed by atoms with E-state index in [1.165, 1.54) is 11.8 Å². The van der Waals surface area contributed by atoms with Crippen LogP contribution in [-0.4, -0.2) is 50.4 Å². The van der Waals surface area contributed by atoms with Gasteiger partial charge in [0.05, 0.1) is 6.10 Å². The third-order valence-electron chi connectivity index (χ3n) is 4.24. The molecular formula is C23H37NO5S. The van der Waals surface area contributed by atoms with Crippen LogP contribution in [0, 0.1) is 0 Å². The van der Waals surface area contributed by atoms with Crippen LogP contribution in [0.25, 0.3) is 0 Å². The normalized spacial score (nSPS) is 15.4. The zero-order valence-electron chi connectivity index (χ0n) is 17.9. The van der Waals surface area contributed by atoms with Gasteiger partial charge in [0.15, 0.2) is 0 Å². The first-order chi connectivity index (χ1) is 14.4. The van der Waals surface area contributed by atoms with Crippen molar-refractivity contribution in [2.45, 2.75) is 75.7 Å². The molecule has 0 saturated heterocycles. The SMILES string of the molecule is CCCCC[C@H](O)[C@H](/C=C/C=C\C=C\C/C=C\CCCC(=O)O)SC[C@@H](N)C(=O)O. The predicted octanol–water partition coefficient (Wildman–Crippen LogP) is 4.31. The Hall–Kier alpha value is -1.83. The van der Waals surface area contributed by atoms with E-state index in [9.17, 15) is 14.7 Å². The number of aliphatic hydroxyl groups excluding tert-OH is 1. The molecular weight excluding hydrogens is 402 g/mol. The molecule has 0 radical (unpaired) electrons. The highest BCUT2D eigenvalue weighted by molar-refractivity contribution is 8.00. The molecule has 5 N–H and O–H groups in total. The Morgan fingerprint density at radius 3 is 2.40 bits per heavy atom. The summed E-state index contributed by atoms with van der Waals surface area (Å²) in [6, 6.07) is -0.940. The summed E-state index contributed by atoms with van der Waals surface area (Å²) in [4.78, 5) is 21.3. The van der Waals surface area contributed by atoms with E-state index in [0.29, 0.717) is 12.8 Å². The third kappa shape index (κ3) is 17.1. The van der Waals surface area contributed by atoms with E-state index >= 15 is 0 Å². The van der Waals surface area contributed by atoms with Gasteiger partial charge in [-0.25, -0.2) is 0 Å². The van der Waals surface area contributed by atoms with Crippen molar-refractivity contribution in [3.8, 4) is 0 Å². The number of thioether (sulfide) groups is 1. The molecule has 0 aromatic heterocycles. The lowest BCUT2D eigenvalue weighted by molar-refractivity contribution is -0.138. The second kappa shape index (κ2) is 19.2. The van der Waals surface area contributed by atoms with Crippen LogP contribution in [0.5, 0.6) is 0 Å². The molecule has 0 aliphatic carbocycles. The molecule has 0 unspecified atom stereocenters. The molecule has 0 aliphatic heterocycles. The van der Waals surface area contributed by atoms with Gasteiger partial charge in [0.25, 0.3) is 0 Å². The minimum Gasteiger partial charge on any atom is -0.481 e. The molecule has 0 aromatic carbocycles. The first-order valence-corrected chi connectivity index (χ1v) is 11.6. The molecule has 7 heteroatoms. The van der Waals surface area contributed by atoms with Gasteiger partial charge in [-0.05, 0) is 25.7 Å². The molecule has 0 rings (SSSR count). The lowest BCUT2D eigenvalue weighted by atomic mass is 10.1. The number of nitrogens with two attached hydrogens (primary N) is 1. The first kappa shape index (κ1) is 28.2. The van der Waals surface area contributed by atoms with Crippen molar-refractivity contribution >= 4 is 23.7 Å². The summed E-state index contributed by atoms with van der Waals surface area (Å²) in [6.07, 6.45) is 21.1. The van der Waals surface area contributed by atoms with Crippen molar-refractivity contribution in [3.63, 3.8) is 0 Å². The number of rotatable bonds is 18.